The summed E-state index contributed by atoms with van der Waals surface area (Å²) >= 11 is 0. The average molecular weight is 211 g/mol. The minimum absolute atomic E-state index is 0.0673. The number of nitrogen functional groups attached to an aromatic ring is 1. The molecule has 0 radical (unpaired) electrons. The molecule has 0 unspecified atom stereocenters. The Morgan fingerprint density at radius 2 is 2.33 bits per heavy atom. The molecule has 0 amide bonds. The minimum atomic E-state index is -0.585. The van der Waals surface area contributed by atoms with Crippen LogP contribution < -0.4 is 10.5 Å². The van der Waals surface area contributed by atoms with Crippen LogP contribution in [0.3, 0.4) is 0 Å². The fraction of sp³-hybridized carbons (Fsp3) is 0.375. The zero-order valence-electron chi connectivity index (χ0n) is 8.14. The lowest BCUT2D eigenvalue weighted by atomic mass is 10.5. The minimum Gasteiger partial charge on any atom is -0.473 e. The van der Waals surface area contributed by atoms with Crippen molar-refractivity contribution in [1.82, 2.24) is 19.5 Å². The van der Waals surface area contributed by atoms with Crippen molar-refractivity contribution in [3.8, 4) is 5.88 Å². The predicted molar refractivity (Wildman–Crippen MR) is 52.2 cm³/mol. The molecule has 0 atom stereocenters. The Balaban J connectivity index is 2.52. The van der Waals surface area contributed by atoms with E-state index in [4.69, 9.17) is 10.5 Å². The van der Waals surface area contributed by atoms with Gasteiger partial charge in [-0.2, -0.15) is 9.97 Å². The van der Waals surface area contributed by atoms with Crippen molar-refractivity contribution >= 4 is 17.1 Å². The Morgan fingerprint density at radius 1 is 1.53 bits per heavy atom. The van der Waals surface area contributed by atoms with E-state index in [9.17, 15) is 4.39 Å². The monoisotopic (exact) mass is 211 g/mol. The topological polar surface area (TPSA) is 78.8 Å². The fourth-order valence-corrected chi connectivity index (χ4v) is 1.23. The zero-order chi connectivity index (χ0) is 10.8. The van der Waals surface area contributed by atoms with Gasteiger partial charge in [-0.15, -0.1) is 0 Å². The van der Waals surface area contributed by atoms with Crippen LogP contribution in [0, 0.1) is 0 Å². The number of ether oxygens (including phenoxy) is 1. The molecular weight excluding hydrogens is 201 g/mol. The largest absolute Gasteiger partial charge is 0.473 e. The first-order valence-corrected chi connectivity index (χ1v) is 4.35. The number of imidazole rings is 1. The molecular formula is C8H10FN5O. The number of aryl methyl sites for hydroxylation is 1. The molecule has 15 heavy (non-hydrogen) atoms. The SMILES string of the molecule is Cn1cnc2c(OCCF)nc(N)nc21. The molecule has 2 aromatic rings. The van der Waals surface area contributed by atoms with Gasteiger partial charge in [0, 0.05) is 7.05 Å². The van der Waals surface area contributed by atoms with Crippen LogP contribution >= 0.6 is 0 Å². The van der Waals surface area contributed by atoms with Gasteiger partial charge in [-0.1, -0.05) is 0 Å². The number of rotatable bonds is 3. The second-order valence-electron chi connectivity index (χ2n) is 2.95. The van der Waals surface area contributed by atoms with Crippen molar-refractivity contribution in [2.24, 2.45) is 7.05 Å². The van der Waals surface area contributed by atoms with Crippen molar-refractivity contribution < 1.29 is 9.13 Å². The van der Waals surface area contributed by atoms with Crippen LogP contribution in [0.5, 0.6) is 5.88 Å². The molecule has 80 valence electrons. The summed E-state index contributed by atoms with van der Waals surface area (Å²) in [5, 5.41) is 0. The van der Waals surface area contributed by atoms with Gasteiger partial charge in [-0.05, 0) is 0 Å². The molecule has 0 saturated heterocycles. The third-order valence-electron chi connectivity index (χ3n) is 1.86. The number of hydrogen-bond acceptors (Lipinski definition) is 5. The van der Waals surface area contributed by atoms with Gasteiger partial charge in [0.25, 0.3) is 0 Å². The lowest BCUT2D eigenvalue weighted by Gasteiger charge is -2.03. The molecule has 2 rings (SSSR count). The highest BCUT2D eigenvalue weighted by molar-refractivity contribution is 5.77. The molecule has 0 bridgehead atoms. The molecule has 0 fully saturated rings. The third kappa shape index (κ3) is 1.67. The summed E-state index contributed by atoms with van der Waals surface area (Å²) in [6.07, 6.45) is 1.57. The molecule has 0 aliphatic carbocycles. The van der Waals surface area contributed by atoms with Crippen LogP contribution in [-0.4, -0.2) is 32.8 Å². The van der Waals surface area contributed by atoms with Crippen molar-refractivity contribution in [1.29, 1.82) is 0 Å². The van der Waals surface area contributed by atoms with E-state index in [-0.39, 0.29) is 18.4 Å². The summed E-state index contributed by atoms with van der Waals surface area (Å²) in [5.41, 5.74) is 6.54. The first-order chi connectivity index (χ1) is 7.22. The second kappa shape index (κ2) is 3.68. The zero-order valence-corrected chi connectivity index (χ0v) is 8.14. The number of halogens is 1. The third-order valence-corrected chi connectivity index (χ3v) is 1.86. The summed E-state index contributed by atoms with van der Waals surface area (Å²) in [6.45, 7) is -0.652. The molecule has 0 aliphatic rings. The molecule has 7 heteroatoms. The van der Waals surface area contributed by atoms with Crippen LogP contribution in [0.1, 0.15) is 0 Å². The Hall–Kier alpha value is -1.92. The summed E-state index contributed by atoms with van der Waals surface area (Å²) in [5.74, 6) is 0.302. The lowest BCUT2D eigenvalue weighted by Crippen LogP contribution is -2.05. The van der Waals surface area contributed by atoms with Gasteiger partial charge < -0.3 is 15.0 Å². The normalized spacial score (nSPS) is 10.8. The van der Waals surface area contributed by atoms with Crippen molar-refractivity contribution in [2.75, 3.05) is 19.0 Å². The predicted octanol–water partition coefficient (Wildman–Crippen LogP) is 0.294. The number of alkyl halides is 1. The van der Waals surface area contributed by atoms with E-state index in [0.29, 0.717) is 11.2 Å². The summed E-state index contributed by atoms with van der Waals surface area (Å²) in [7, 11) is 1.78. The van der Waals surface area contributed by atoms with Crippen LogP contribution in [0.2, 0.25) is 0 Å². The summed E-state index contributed by atoms with van der Waals surface area (Å²) < 4.78 is 18.7. The Morgan fingerprint density at radius 3 is 3.07 bits per heavy atom. The first kappa shape index (κ1) is 9.63. The molecule has 0 aromatic carbocycles. The number of anilines is 1. The van der Waals surface area contributed by atoms with E-state index in [2.05, 4.69) is 15.0 Å². The highest BCUT2D eigenvalue weighted by atomic mass is 19.1. The standard InChI is InChI=1S/C8H10FN5O/c1-14-4-11-5-6(14)12-8(10)13-7(5)15-3-2-9/h4H,2-3H2,1H3,(H2,10,12,13). The Labute approximate surface area is 84.9 Å². The number of nitrogens with zero attached hydrogens (tertiary/aromatic N) is 4. The molecule has 2 N–H and O–H groups in total. The van der Waals surface area contributed by atoms with E-state index in [1.807, 2.05) is 0 Å². The summed E-state index contributed by atoms with van der Waals surface area (Å²) in [4.78, 5) is 11.9. The summed E-state index contributed by atoms with van der Waals surface area (Å²) in [6, 6.07) is 0. The molecule has 0 saturated carbocycles. The van der Waals surface area contributed by atoms with E-state index in [0.717, 1.165) is 0 Å². The van der Waals surface area contributed by atoms with Gasteiger partial charge in [0.05, 0.1) is 6.33 Å². The highest BCUT2D eigenvalue weighted by Crippen LogP contribution is 2.20. The van der Waals surface area contributed by atoms with E-state index >= 15 is 0 Å². The molecule has 0 spiro atoms. The van der Waals surface area contributed by atoms with E-state index in [1.54, 1.807) is 17.9 Å². The van der Waals surface area contributed by atoms with Crippen molar-refractivity contribution in [2.45, 2.75) is 0 Å². The van der Waals surface area contributed by atoms with Gasteiger partial charge in [-0.25, -0.2) is 9.37 Å². The van der Waals surface area contributed by atoms with E-state index < -0.39 is 6.67 Å². The van der Waals surface area contributed by atoms with E-state index in [1.165, 1.54) is 0 Å². The average Bonchev–Trinajstić information content (AvgIpc) is 2.57. The number of fused-ring (bicyclic) bond motifs is 1. The highest BCUT2D eigenvalue weighted by Gasteiger charge is 2.11. The Kier molecular flexibility index (Phi) is 2.36. The first-order valence-electron chi connectivity index (χ1n) is 4.35. The van der Waals surface area contributed by atoms with Crippen LogP contribution in [0.4, 0.5) is 10.3 Å². The van der Waals surface area contributed by atoms with Crippen LogP contribution in [0.15, 0.2) is 6.33 Å². The van der Waals surface area contributed by atoms with Gasteiger partial charge >= 0.3 is 0 Å². The maximum atomic E-state index is 12.0. The Bertz CT molecular complexity index is 483. The maximum absolute atomic E-state index is 12.0. The fourth-order valence-electron chi connectivity index (χ4n) is 1.23. The van der Waals surface area contributed by atoms with Gasteiger partial charge in [0.2, 0.25) is 11.8 Å². The lowest BCUT2D eigenvalue weighted by molar-refractivity contribution is 0.267. The number of hydrogen-bond donors (Lipinski definition) is 1. The molecule has 2 aromatic heterocycles. The van der Waals surface area contributed by atoms with Gasteiger partial charge in [0.1, 0.15) is 13.3 Å². The number of nitrogens with two attached hydrogens (primary N) is 1. The molecule has 2 heterocycles. The quantitative estimate of drug-likeness (QED) is 0.789. The smallest absolute Gasteiger partial charge is 0.247 e. The van der Waals surface area contributed by atoms with Gasteiger partial charge in [0.15, 0.2) is 11.2 Å². The molecule has 6 nitrogen and oxygen atoms in total. The number of aromatic nitrogens is 4. The maximum Gasteiger partial charge on any atom is 0.247 e. The van der Waals surface area contributed by atoms with Crippen LogP contribution in [-0.2, 0) is 7.05 Å². The van der Waals surface area contributed by atoms with Crippen molar-refractivity contribution in [3.63, 3.8) is 0 Å². The molecule has 0 aliphatic heterocycles. The van der Waals surface area contributed by atoms with Crippen molar-refractivity contribution in [3.05, 3.63) is 6.33 Å². The van der Waals surface area contributed by atoms with Gasteiger partial charge in [-0.3, -0.25) is 0 Å². The van der Waals surface area contributed by atoms with Crippen LogP contribution in [0.25, 0.3) is 11.2 Å². The second-order valence-corrected chi connectivity index (χ2v) is 2.95.